The summed E-state index contributed by atoms with van der Waals surface area (Å²) in [6, 6.07) is 20.5. The number of β-lactam (4-membered cyclic amide) rings is 1. The van der Waals surface area contributed by atoms with Crippen LogP contribution in [0.1, 0.15) is 22.7 Å². The minimum absolute atomic E-state index is 0.0889. The molecule has 3 aromatic rings. The number of anilines is 1. The zero-order chi connectivity index (χ0) is 20.5. The van der Waals surface area contributed by atoms with E-state index in [1.165, 1.54) is 5.56 Å². The lowest BCUT2D eigenvalue weighted by Gasteiger charge is -2.47. The molecule has 0 bridgehead atoms. The molecule has 1 aliphatic heterocycles. The molecule has 0 saturated carbocycles. The van der Waals surface area contributed by atoms with E-state index < -0.39 is 6.10 Å². The summed E-state index contributed by atoms with van der Waals surface area (Å²) < 4.78 is 11.3. The molecule has 4 nitrogen and oxygen atoms in total. The van der Waals surface area contributed by atoms with Gasteiger partial charge in [-0.3, -0.25) is 9.69 Å². The number of ether oxygens (including phenoxy) is 2. The molecule has 2 atom stereocenters. The third-order valence-corrected chi connectivity index (χ3v) is 5.70. The van der Waals surface area contributed by atoms with Gasteiger partial charge in [-0.1, -0.05) is 35.9 Å². The van der Waals surface area contributed by atoms with Crippen molar-refractivity contribution in [3.63, 3.8) is 0 Å². The highest BCUT2D eigenvalue weighted by atomic mass is 35.5. The van der Waals surface area contributed by atoms with Crippen molar-refractivity contribution in [2.24, 2.45) is 0 Å². The fourth-order valence-electron chi connectivity index (χ4n) is 3.56. The normalized spacial score (nSPS) is 18.3. The molecule has 1 heterocycles. The minimum Gasteiger partial charge on any atom is -0.497 e. The van der Waals surface area contributed by atoms with Crippen molar-refractivity contribution in [1.82, 2.24) is 0 Å². The van der Waals surface area contributed by atoms with E-state index in [4.69, 9.17) is 21.1 Å². The summed E-state index contributed by atoms with van der Waals surface area (Å²) in [6.45, 7) is 4.09. The number of methoxy groups -OCH3 is 1. The molecule has 3 aromatic carbocycles. The minimum atomic E-state index is -0.648. The van der Waals surface area contributed by atoms with Crippen LogP contribution < -0.4 is 14.4 Å². The summed E-state index contributed by atoms with van der Waals surface area (Å²) in [7, 11) is 1.61. The first-order valence-corrected chi connectivity index (χ1v) is 9.83. The molecule has 29 heavy (non-hydrogen) atoms. The van der Waals surface area contributed by atoms with Crippen LogP contribution >= 0.6 is 11.6 Å². The number of nitrogens with zero attached hydrogens (tertiary/aromatic N) is 1. The molecule has 148 valence electrons. The van der Waals surface area contributed by atoms with Crippen molar-refractivity contribution in [2.75, 3.05) is 12.0 Å². The number of carbonyl (C=O) groups is 1. The van der Waals surface area contributed by atoms with Gasteiger partial charge in [0.1, 0.15) is 17.5 Å². The van der Waals surface area contributed by atoms with E-state index in [9.17, 15) is 4.79 Å². The average Bonchev–Trinajstić information content (AvgIpc) is 2.73. The summed E-state index contributed by atoms with van der Waals surface area (Å²) in [5.41, 5.74) is 4.03. The first-order valence-electron chi connectivity index (χ1n) is 9.45. The fourth-order valence-corrected chi connectivity index (χ4v) is 3.81. The molecule has 5 heteroatoms. The lowest BCUT2D eigenvalue weighted by molar-refractivity contribution is -0.135. The smallest absolute Gasteiger partial charge is 0.271 e. The Morgan fingerprint density at radius 2 is 1.59 bits per heavy atom. The number of amides is 1. The summed E-state index contributed by atoms with van der Waals surface area (Å²) in [5.74, 6) is 1.26. The Morgan fingerprint density at radius 3 is 2.24 bits per heavy atom. The van der Waals surface area contributed by atoms with E-state index in [0.29, 0.717) is 10.8 Å². The average molecular weight is 408 g/mol. The lowest BCUT2D eigenvalue weighted by Crippen LogP contribution is -2.61. The molecule has 1 fully saturated rings. The van der Waals surface area contributed by atoms with Gasteiger partial charge in [-0.2, -0.15) is 0 Å². The molecule has 0 aliphatic carbocycles. The van der Waals surface area contributed by atoms with Crippen LogP contribution in [0.3, 0.4) is 0 Å². The molecule has 0 spiro atoms. The van der Waals surface area contributed by atoms with Gasteiger partial charge in [0.15, 0.2) is 0 Å². The van der Waals surface area contributed by atoms with Gasteiger partial charge < -0.3 is 9.47 Å². The van der Waals surface area contributed by atoms with Gasteiger partial charge in [0.2, 0.25) is 6.10 Å². The predicted molar refractivity (Wildman–Crippen MR) is 115 cm³/mol. The number of carbonyl (C=O) groups excluding carboxylic acids is 1. The van der Waals surface area contributed by atoms with Crippen LogP contribution in [0.15, 0.2) is 66.7 Å². The molecule has 4 rings (SSSR count). The van der Waals surface area contributed by atoms with E-state index in [1.54, 1.807) is 24.1 Å². The molecule has 0 aromatic heterocycles. The van der Waals surface area contributed by atoms with Crippen molar-refractivity contribution in [3.8, 4) is 11.5 Å². The van der Waals surface area contributed by atoms with Gasteiger partial charge in [0.25, 0.3) is 5.91 Å². The van der Waals surface area contributed by atoms with Crippen molar-refractivity contribution < 1.29 is 14.3 Å². The van der Waals surface area contributed by atoms with Crippen LogP contribution in [0.2, 0.25) is 5.02 Å². The number of halogens is 1. The molecular weight excluding hydrogens is 386 g/mol. The number of hydrogen-bond acceptors (Lipinski definition) is 3. The standard InChI is InChI=1S/C24H22ClNO3/c1-15-8-9-17(14-16(15)2)26-22(20-6-4-5-7-21(20)25)23(24(26)27)29-19-12-10-18(28-3)11-13-19/h4-14,22-23H,1-3H3. The van der Waals surface area contributed by atoms with E-state index in [1.807, 2.05) is 61.5 Å². The number of rotatable bonds is 5. The van der Waals surface area contributed by atoms with Crippen LogP contribution in [0.4, 0.5) is 5.69 Å². The maximum Gasteiger partial charge on any atom is 0.271 e. The van der Waals surface area contributed by atoms with E-state index >= 15 is 0 Å². The number of hydrogen-bond donors (Lipinski definition) is 0. The lowest BCUT2D eigenvalue weighted by atomic mass is 9.89. The largest absolute Gasteiger partial charge is 0.497 e. The van der Waals surface area contributed by atoms with Crippen LogP contribution in [0.5, 0.6) is 11.5 Å². The zero-order valence-corrected chi connectivity index (χ0v) is 17.3. The Labute approximate surface area is 175 Å². The topological polar surface area (TPSA) is 38.8 Å². The molecule has 1 saturated heterocycles. The molecular formula is C24H22ClNO3. The van der Waals surface area contributed by atoms with Gasteiger partial charge in [0, 0.05) is 10.7 Å². The maximum atomic E-state index is 13.1. The van der Waals surface area contributed by atoms with Crippen molar-refractivity contribution >= 4 is 23.2 Å². The number of aryl methyl sites for hydroxylation is 2. The van der Waals surface area contributed by atoms with Gasteiger partial charge in [-0.15, -0.1) is 0 Å². The van der Waals surface area contributed by atoms with E-state index in [0.717, 1.165) is 22.6 Å². The fraction of sp³-hybridized carbons (Fsp3) is 0.208. The van der Waals surface area contributed by atoms with E-state index in [2.05, 4.69) is 6.92 Å². The monoisotopic (exact) mass is 407 g/mol. The summed E-state index contributed by atoms with van der Waals surface area (Å²) in [5, 5.41) is 0.613. The highest BCUT2D eigenvalue weighted by molar-refractivity contribution is 6.31. The van der Waals surface area contributed by atoms with Gasteiger partial charge in [0.05, 0.1) is 7.11 Å². The SMILES string of the molecule is COc1ccc(OC2C(=O)N(c3ccc(C)c(C)c3)C2c2ccccc2Cl)cc1. The second-order valence-corrected chi connectivity index (χ2v) is 7.56. The molecule has 1 aliphatic rings. The second kappa shape index (κ2) is 7.80. The first kappa shape index (κ1) is 19.3. The van der Waals surface area contributed by atoms with Gasteiger partial charge in [-0.25, -0.2) is 0 Å². The van der Waals surface area contributed by atoms with Crippen LogP contribution in [0.25, 0.3) is 0 Å². The summed E-state index contributed by atoms with van der Waals surface area (Å²) >= 11 is 6.49. The Bertz CT molecular complexity index is 1050. The Hall–Kier alpha value is -2.98. The first-order chi connectivity index (χ1) is 14.0. The second-order valence-electron chi connectivity index (χ2n) is 7.16. The van der Waals surface area contributed by atoms with Gasteiger partial charge >= 0.3 is 0 Å². The third-order valence-electron chi connectivity index (χ3n) is 5.36. The molecule has 2 unspecified atom stereocenters. The quantitative estimate of drug-likeness (QED) is 0.524. The van der Waals surface area contributed by atoms with Crippen molar-refractivity contribution in [1.29, 1.82) is 0 Å². The van der Waals surface area contributed by atoms with Crippen LogP contribution in [0, 0.1) is 13.8 Å². The predicted octanol–water partition coefficient (Wildman–Crippen LogP) is 5.50. The Morgan fingerprint density at radius 1 is 0.897 bits per heavy atom. The summed E-state index contributed by atoms with van der Waals surface area (Å²) in [6.07, 6.45) is -0.648. The highest BCUT2D eigenvalue weighted by Gasteiger charge is 2.51. The Balaban J connectivity index is 1.70. The van der Waals surface area contributed by atoms with Gasteiger partial charge in [-0.05, 0) is 73.0 Å². The van der Waals surface area contributed by atoms with Crippen LogP contribution in [-0.2, 0) is 4.79 Å². The highest BCUT2D eigenvalue weighted by Crippen LogP contribution is 2.43. The van der Waals surface area contributed by atoms with Crippen LogP contribution in [-0.4, -0.2) is 19.1 Å². The zero-order valence-electron chi connectivity index (χ0n) is 16.6. The van der Waals surface area contributed by atoms with E-state index in [-0.39, 0.29) is 11.9 Å². The molecule has 0 radical (unpaired) electrons. The Kier molecular flexibility index (Phi) is 5.20. The molecule has 1 amide bonds. The maximum absolute atomic E-state index is 13.1. The number of benzene rings is 3. The third kappa shape index (κ3) is 3.56. The van der Waals surface area contributed by atoms with Crippen molar-refractivity contribution in [3.05, 3.63) is 88.4 Å². The molecule has 0 N–H and O–H groups in total. The van der Waals surface area contributed by atoms with Crippen molar-refractivity contribution in [2.45, 2.75) is 26.0 Å². The summed E-state index contributed by atoms with van der Waals surface area (Å²) in [4.78, 5) is 14.9.